The zero-order valence-electron chi connectivity index (χ0n) is 57.5. The molecule has 29 heteroatoms. The molecule has 102 heavy (non-hydrogen) atoms. The highest BCUT2D eigenvalue weighted by molar-refractivity contribution is 5.97. The molecule has 0 aliphatic rings. The van der Waals surface area contributed by atoms with Gasteiger partial charge in [0.2, 0.25) is 0 Å². The molecule has 0 aromatic heterocycles. The quantitative estimate of drug-likeness (QED) is 0.0440. The lowest BCUT2D eigenvalue weighted by atomic mass is 10.0. The van der Waals surface area contributed by atoms with Crippen LogP contribution >= 0.6 is 0 Å². The highest BCUT2D eigenvalue weighted by atomic mass is 16.4. The molecular formula is C73H84O29-6. The maximum atomic E-state index is 10.6. The molecule has 0 amide bonds. The van der Waals surface area contributed by atoms with Crippen LogP contribution in [0.3, 0.4) is 0 Å². The van der Waals surface area contributed by atoms with E-state index in [1.165, 1.54) is 103 Å². The fourth-order valence-electron chi connectivity index (χ4n) is 5.63. The summed E-state index contributed by atoms with van der Waals surface area (Å²) in [5.74, 6) is -17.7. The molecule has 29 nitrogen and oxygen atoms in total. The predicted octanol–water partition coefficient (Wildman–Crippen LogP) is 7.92. The maximum absolute atomic E-state index is 10.6. The second-order valence-corrected chi connectivity index (χ2v) is 15.9. The Morgan fingerprint density at radius 3 is 0.490 bits per heavy atom. The summed E-state index contributed by atoms with van der Waals surface area (Å²) >= 11 is 0. The number of carbonyl (C=O) groups is 14. The predicted molar refractivity (Wildman–Crippen MR) is 365 cm³/mol. The zero-order chi connectivity index (χ0) is 80.4. The summed E-state index contributed by atoms with van der Waals surface area (Å²) in [6.45, 7) is 31.2. The molecule has 0 aliphatic carbocycles. The molecule has 0 fully saturated rings. The van der Waals surface area contributed by atoms with E-state index in [4.69, 9.17) is 46.0 Å². The minimum atomic E-state index is -1.40. The number of hydrogen-bond acceptors (Lipinski definition) is 21. The number of carboxylic acids is 14. The van der Waals surface area contributed by atoms with Crippen LogP contribution in [-0.4, -0.2) is 130 Å². The average molecular weight is 1430 g/mol. The Balaban J connectivity index is -0.000000163. The first-order chi connectivity index (χ1) is 47.6. The van der Waals surface area contributed by atoms with Crippen LogP contribution < -0.4 is 30.6 Å². The van der Waals surface area contributed by atoms with Gasteiger partial charge in [-0.2, -0.15) is 0 Å². The molecule has 7 rings (SSSR count). The Morgan fingerprint density at radius 1 is 0.206 bits per heavy atom. The van der Waals surface area contributed by atoms with E-state index >= 15 is 0 Å². The summed E-state index contributed by atoms with van der Waals surface area (Å²) in [5, 5.41) is 139. The van der Waals surface area contributed by atoms with Crippen LogP contribution in [0.4, 0.5) is 0 Å². The molecule has 0 aliphatic heterocycles. The first-order valence-electron chi connectivity index (χ1n) is 29.9. The van der Waals surface area contributed by atoms with E-state index in [-0.39, 0.29) is 96.6 Å². The molecule has 7 aromatic rings. The number of carbonyl (C=O) groups excluding carboxylic acids is 6. The third-order valence-electron chi connectivity index (χ3n) is 9.90. The van der Waals surface area contributed by atoms with Crippen molar-refractivity contribution in [2.24, 2.45) is 0 Å². The van der Waals surface area contributed by atoms with Crippen LogP contribution in [0.2, 0.25) is 0 Å². The minimum Gasteiger partial charge on any atom is -0.545 e. The first-order valence-corrected chi connectivity index (χ1v) is 29.9. The first kappa shape index (κ1) is 105. The van der Waals surface area contributed by atoms with E-state index in [0.29, 0.717) is 0 Å². The van der Waals surface area contributed by atoms with E-state index in [2.05, 4.69) is 6.58 Å². The van der Waals surface area contributed by atoms with Gasteiger partial charge < -0.3 is 105 Å². The van der Waals surface area contributed by atoms with Gasteiger partial charge in [0.15, 0.2) is 0 Å². The molecule has 0 atom stereocenters. The number of aliphatic hydroxyl groups is 1. The lowest BCUT2D eigenvalue weighted by Crippen LogP contribution is -2.25. The molecule has 7 aromatic carbocycles. The highest BCUT2D eigenvalue weighted by Crippen LogP contribution is 2.16. The highest BCUT2D eigenvalue weighted by Gasteiger charge is 2.13. The standard InChI is InChI=1S/C10H8O5.6C8H6O4.7C2H6.CH4/c1-5(11)6-2-7(9(12)13)4-8(3-6)10(14)15;3*9-7(10)5-1-2-6(4-3-5)8(11)12;3*9-7(10)5-2-1-3-6(4-5)8(11)12;7*1-2;/h2-4,11H,1H2,(H,12,13)(H,14,15);6*1-4H,(H,9,10)(H,11,12);7*1-2H3;1H4/p-6. The molecular weight excluding hydrogens is 1340 g/mol. The van der Waals surface area contributed by atoms with Gasteiger partial charge in [-0.3, -0.25) is 0 Å². The molecule has 9 N–H and O–H groups in total. The Labute approximate surface area is 589 Å². The Hall–Kier alpha value is -13.3. The van der Waals surface area contributed by atoms with Gasteiger partial charge in [0.25, 0.3) is 0 Å². The summed E-state index contributed by atoms with van der Waals surface area (Å²) in [4.78, 5) is 145. The number of rotatable bonds is 15. The van der Waals surface area contributed by atoms with Crippen molar-refractivity contribution in [1.29, 1.82) is 0 Å². The molecule has 0 saturated carbocycles. The molecule has 0 saturated heterocycles. The second-order valence-electron chi connectivity index (χ2n) is 15.9. The summed E-state index contributed by atoms with van der Waals surface area (Å²) < 4.78 is 0. The maximum Gasteiger partial charge on any atom is 0.335 e. The molecule has 0 bridgehead atoms. The average Bonchev–Trinajstić information content (AvgIpc) is 0.845. The van der Waals surface area contributed by atoms with E-state index in [9.17, 15) is 97.8 Å². The fraction of sp³-hybridized carbons (Fsp3) is 0.205. The molecule has 556 valence electrons. The van der Waals surface area contributed by atoms with Gasteiger partial charge in [0, 0.05) is 5.56 Å². The van der Waals surface area contributed by atoms with Crippen molar-refractivity contribution in [3.63, 3.8) is 0 Å². The molecule has 0 heterocycles. The van der Waals surface area contributed by atoms with Crippen molar-refractivity contribution in [1.82, 2.24) is 0 Å². The van der Waals surface area contributed by atoms with Crippen molar-refractivity contribution in [2.75, 3.05) is 0 Å². The third-order valence-corrected chi connectivity index (χ3v) is 9.90. The fourth-order valence-corrected chi connectivity index (χ4v) is 5.63. The number of carboxylic acid groups (broad SMARTS) is 14. The second kappa shape index (κ2) is 61.3. The summed E-state index contributed by atoms with van der Waals surface area (Å²) in [5.41, 5.74) is -0.822. The zero-order valence-corrected chi connectivity index (χ0v) is 57.5. The van der Waals surface area contributed by atoms with Gasteiger partial charge >= 0.3 is 47.8 Å². The van der Waals surface area contributed by atoms with Crippen LogP contribution in [-0.2, 0) is 0 Å². The largest absolute Gasteiger partial charge is 0.545 e. The number of aliphatic hydroxyl groups excluding tert-OH is 1. The monoisotopic (exact) mass is 1420 g/mol. The third kappa shape index (κ3) is 45.2. The number of aromatic carboxylic acids is 14. The van der Waals surface area contributed by atoms with Crippen molar-refractivity contribution >= 4 is 89.3 Å². The minimum absolute atomic E-state index is 0. The summed E-state index contributed by atoms with van der Waals surface area (Å²) in [6, 6.07) is 32.8. The van der Waals surface area contributed by atoms with Crippen molar-refractivity contribution in [2.45, 2.75) is 104 Å². The van der Waals surface area contributed by atoms with Gasteiger partial charge in [0.05, 0.1) is 80.3 Å². The molecule has 0 spiro atoms. The lowest BCUT2D eigenvalue weighted by molar-refractivity contribution is -0.256. The van der Waals surface area contributed by atoms with E-state index < -0.39 is 83.6 Å². The van der Waals surface area contributed by atoms with Crippen molar-refractivity contribution in [3.8, 4) is 0 Å². The van der Waals surface area contributed by atoms with E-state index in [0.717, 1.165) is 60.7 Å². The van der Waals surface area contributed by atoms with E-state index in [1.807, 2.05) is 96.9 Å². The summed E-state index contributed by atoms with van der Waals surface area (Å²) in [7, 11) is 0. The Bertz CT molecular complexity index is 3170. The number of hydrogen-bond donors (Lipinski definition) is 9. The van der Waals surface area contributed by atoms with Crippen LogP contribution in [0.5, 0.6) is 0 Å². The normalized spacial score (nSPS) is 8.41. The van der Waals surface area contributed by atoms with Gasteiger partial charge in [-0.1, -0.05) is 184 Å². The Morgan fingerprint density at radius 2 is 0.333 bits per heavy atom. The number of benzene rings is 7. The van der Waals surface area contributed by atoms with E-state index in [1.54, 1.807) is 0 Å². The van der Waals surface area contributed by atoms with Gasteiger partial charge in [-0.25, -0.2) is 38.4 Å². The van der Waals surface area contributed by atoms with Gasteiger partial charge in [-0.15, -0.1) is 0 Å². The van der Waals surface area contributed by atoms with Crippen LogP contribution in [0.1, 0.15) is 255 Å². The Kier molecular flexibility index (Phi) is 62.9. The van der Waals surface area contributed by atoms with Crippen LogP contribution in [0, 0.1) is 0 Å². The van der Waals surface area contributed by atoms with Gasteiger partial charge in [-0.05, 0) is 124 Å². The molecule has 0 unspecified atom stereocenters. The lowest BCUT2D eigenvalue weighted by Gasteiger charge is -2.05. The molecule has 0 radical (unpaired) electrons. The topological polar surface area (TPSA) is 559 Å². The van der Waals surface area contributed by atoms with Crippen molar-refractivity contribution < 1.29 is 144 Å². The summed E-state index contributed by atoms with van der Waals surface area (Å²) in [6.07, 6.45) is 0. The smallest absolute Gasteiger partial charge is 0.335 e. The van der Waals surface area contributed by atoms with Crippen molar-refractivity contribution in [3.05, 3.63) is 254 Å². The van der Waals surface area contributed by atoms with Crippen LogP contribution in [0.15, 0.2) is 170 Å². The van der Waals surface area contributed by atoms with Gasteiger partial charge in [0.1, 0.15) is 5.76 Å². The SMILES string of the molecule is C.C=C(O)c1cc(C(=O)O)cc(C(=O)O)c1.CC.CC.CC.CC.CC.CC.CC.O=C(O)c1ccc(C(=O)O)cc1.O=C(O)c1cccc(C(=O)O)c1.O=C([O-])c1ccc(C(=O)O)cc1.O=C([O-])c1ccc(C(=O)[O-])cc1.O=C([O-])c1cccc(C(=O)O)c1.O=C([O-])c1cccc(C(=O)[O-])c1. The van der Waals surface area contributed by atoms with Crippen LogP contribution in [0.25, 0.3) is 5.76 Å².